The summed E-state index contributed by atoms with van der Waals surface area (Å²) in [4.78, 5) is 2.31. The minimum absolute atomic E-state index is 0. The zero-order valence-corrected chi connectivity index (χ0v) is 17.3. The van der Waals surface area contributed by atoms with Gasteiger partial charge in [-0.15, -0.1) is 12.4 Å². The normalized spacial score (nSPS) is 22.8. The van der Waals surface area contributed by atoms with E-state index in [2.05, 4.69) is 11.0 Å². The molecule has 0 aromatic heterocycles. The van der Waals surface area contributed by atoms with Gasteiger partial charge in [-0.1, -0.05) is 42.5 Å². The molecule has 5 heteroatoms. The Morgan fingerprint density at radius 2 is 1.82 bits per heavy atom. The van der Waals surface area contributed by atoms with Gasteiger partial charge in [0.25, 0.3) is 0 Å². The molecule has 1 saturated carbocycles. The van der Waals surface area contributed by atoms with Crippen molar-refractivity contribution in [1.29, 1.82) is 0 Å². The van der Waals surface area contributed by atoms with Crippen molar-refractivity contribution in [2.75, 3.05) is 20.2 Å². The fourth-order valence-corrected chi connectivity index (χ4v) is 4.38. The number of likely N-dealkylation sites (tertiary alicyclic amines) is 1. The number of aliphatic hydroxyl groups is 1. The van der Waals surface area contributed by atoms with E-state index in [1.807, 2.05) is 42.5 Å². The summed E-state index contributed by atoms with van der Waals surface area (Å²) in [6.07, 6.45) is 5.76. The lowest BCUT2D eigenvalue weighted by molar-refractivity contribution is 0.0451. The number of β-amino-alcohol motifs (C(OH)–C–C–N with tert-alkyl or cyclic N) is 1. The largest absolute Gasteiger partial charge is 0.493 e. The highest BCUT2D eigenvalue weighted by Crippen LogP contribution is 2.38. The Hall–Kier alpha value is -1.75. The van der Waals surface area contributed by atoms with Gasteiger partial charge in [-0.3, -0.25) is 4.90 Å². The molecule has 0 spiro atoms. The van der Waals surface area contributed by atoms with Crippen LogP contribution in [0.3, 0.4) is 0 Å². The van der Waals surface area contributed by atoms with Crippen LogP contribution in [0.2, 0.25) is 0 Å². The Bertz CT molecular complexity index is 764. The first-order valence-corrected chi connectivity index (χ1v) is 10.0. The Morgan fingerprint density at radius 1 is 1.07 bits per heavy atom. The van der Waals surface area contributed by atoms with Gasteiger partial charge in [0.05, 0.1) is 13.2 Å². The molecule has 1 N–H and O–H groups in total. The second kappa shape index (κ2) is 9.17. The molecule has 1 heterocycles. The number of hydrogen-bond acceptors (Lipinski definition) is 4. The maximum absolute atomic E-state index is 11.1. The van der Waals surface area contributed by atoms with Gasteiger partial charge < -0.3 is 14.6 Å². The number of para-hydroxylation sites is 1. The van der Waals surface area contributed by atoms with Crippen LogP contribution in [0.25, 0.3) is 0 Å². The van der Waals surface area contributed by atoms with E-state index in [-0.39, 0.29) is 12.4 Å². The van der Waals surface area contributed by atoms with Gasteiger partial charge in [-0.2, -0.15) is 0 Å². The summed E-state index contributed by atoms with van der Waals surface area (Å²) in [7, 11) is 1.70. The number of rotatable bonds is 6. The van der Waals surface area contributed by atoms with E-state index in [9.17, 15) is 5.11 Å². The van der Waals surface area contributed by atoms with Crippen LogP contribution >= 0.6 is 12.4 Å². The van der Waals surface area contributed by atoms with Crippen molar-refractivity contribution in [3.63, 3.8) is 0 Å². The van der Waals surface area contributed by atoms with Gasteiger partial charge in [0.2, 0.25) is 0 Å². The maximum atomic E-state index is 11.1. The van der Waals surface area contributed by atoms with Crippen LogP contribution in [-0.4, -0.2) is 36.3 Å². The van der Waals surface area contributed by atoms with Gasteiger partial charge >= 0.3 is 0 Å². The molecule has 2 aromatic rings. The third kappa shape index (κ3) is 4.45. The van der Waals surface area contributed by atoms with Gasteiger partial charge in [0.1, 0.15) is 5.60 Å². The van der Waals surface area contributed by atoms with Gasteiger partial charge in [-0.05, 0) is 43.7 Å². The monoisotopic (exact) mass is 403 g/mol. The van der Waals surface area contributed by atoms with E-state index in [1.54, 1.807) is 7.11 Å². The summed E-state index contributed by atoms with van der Waals surface area (Å²) >= 11 is 0. The van der Waals surface area contributed by atoms with Crippen LogP contribution in [0.4, 0.5) is 0 Å². The van der Waals surface area contributed by atoms with Crippen LogP contribution in [0.15, 0.2) is 48.5 Å². The second-order valence-electron chi connectivity index (χ2n) is 7.83. The average Bonchev–Trinajstić information content (AvgIpc) is 3.34. The molecular formula is C23H30ClNO3. The predicted molar refractivity (Wildman–Crippen MR) is 113 cm³/mol. The Morgan fingerprint density at radius 3 is 2.54 bits per heavy atom. The van der Waals surface area contributed by atoms with Crippen molar-refractivity contribution in [1.82, 2.24) is 4.90 Å². The van der Waals surface area contributed by atoms with Crippen molar-refractivity contribution >= 4 is 12.4 Å². The number of benzene rings is 2. The first kappa shape index (κ1) is 21.0. The molecule has 28 heavy (non-hydrogen) atoms. The number of hydrogen-bond donors (Lipinski definition) is 1. The van der Waals surface area contributed by atoms with Gasteiger partial charge in [0, 0.05) is 25.2 Å². The highest BCUT2D eigenvalue weighted by Gasteiger charge is 2.37. The summed E-state index contributed by atoms with van der Waals surface area (Å²) in [5.41, 5.74) is 1.37. The van der Waals surface area contributed by atoms with Crippen LogP contribution in [-0.2, 0) is 12.1 Å². The molecule has 2 fully saturated rings. The van der Waals surface area contributed by atoms with Crippen LogP contribution in [0, 0.1) is 0 Å². The number of halogens is 1. The zero-order chi connectivity index (χ0) is 18.7. The molecular weight excluding hydrogens is 374 g/mol. The molecule has 0 radical (unpaired) electrons. The fourth-order valence-electron chi connectivity index (χ4n) is 4.38. The van der Waals surface area contributed by atoms with Gasteiger partial charge in [0.15, 0.2) is 11.5 Å². The van der Waals surface area contributed by atoms with E-state index in [0.717, 1.165) is 55.0 Å². The van der Waals surface area contributed by atoms with Gasteiger partial charge in [-0.25, -0.2) is 0 Å². The molecule has 1 aliphatic carbocycles. The highest BCUT2D eigenvalue weighted by atomic mass is 35.5. The summed E-state index contributed by atoms with van der Waals surface area (Å²) < 4.78 is 11.9. The first-order valence-electron chi connectivity index (χ1n) is 10.0. The molecule has 152 valence electrons. The summed E-state index contributed by atoms with van der Waals surface area (Å²) in [6.45, 7) is 2.26. The zero-order valence-electron chi connectivity index (χ0n) is 16.5. The molecule has 2 aromatic carbocycles. The lowest BCUT2D eigenvalue weighted by Gasteiger charge is -2.25. The quantitative estimate of drug-likeness (QED) is 0.769. The van der Waals surface area contributed by atoms with Crippen molar-refractivity contribution in [3.8, 4) is 11.5 Å². The molecule has 4 nitrogen and oxygen atoms in total. The molecule has 0 amide bonds. The molecule has 1 aliphatic heterocycles. The summed E-state index contributed by atoms with van der Waals surface area (Å²) in [5, 5.41) is 11.1. The predicted octanol–water partition coefficient (Wildman–Crippen LogP) is 4.53. The van der Waals surface area contributed by atoms with Crippen molar-refractivity contribution in [2.24, 2.45) is 0 Å². The number of methoxy groups -OCH3 is 1. The molecule has 2 aliphatic rings. The van der Waals surface area contributed by atoms with E-state index in [1.165, 1.54) is 12.8 Å². The van der Waals surface area contributed by atoms with E-state index < -0.39 is 5.60 Å². The minimum atomic E-state index is -0.771. The Kier molecular flexibility index (Phi) is 6.86. The molecule has 1 saturated heterocycles. The van der Waals surface area contributed by atoms with E-state index in [4.69, 9.17) is 9.47 Å². The van der Waals surface area contributed by atoms with Crippen LogP contribution in [0.5, 0.6) is 11.5 Å². The van der Waals surface area contributed by atoms with E-state index in [0.29, 0.717) is 12.6 Å². The molecule has 1 atom stereocenters. The lowest BCUT2D eigenvalue weighted by atomic mass is 9.93. The van der Waals surface area contributed by atoms with Crippen LogP contribution < -0.4 is 9.47 Å². The molecule has 1 unspecified atom stereocenters. The Labute approximate surface area is 173 Å². The SMILES string of the molecule is COc1cccc(CN2CCC(O)(c3ccccc3)C2)c1OC1CCCC1.Cl. The number of ether oxygens (including phenoxy) is 2. The third-order valence-electron chi connectivity index (χ3n) is 5.90. The third-order valence-corrected chi connectivity index (χ3v) is 5.90. The minimum Gasteiger partial charge on any atom is -0.493 e. The van der Waals surface area contributed by atoms with Crippen molar-refractivity contribution in [2.45, 2.75) is 50.4 Å². The summed E-state index contributed by atoms with van der Waals surface area (Å²) in [6, 6.07) is 16.1. The second-order valence-corrected chi connectivity index (χ2v) is 7.83. The average molecular weight is 404 g/mol. The van der Waals surface area contributed by atoms with Crippen molar-refractivity contribution in [3.05, 3.63) is 59.7 Å². The Balaban J connectivity index is 0.00000225. The molecule has 4 rings (SSSR count). The number of nitrogens with zero attached hydrogens (tertiary/aromatic N) is 1. The van der Waals surface area contributed by atoms with Crippen molar-refractivity contribution < 1.29 is 14.6 Å². The molecule has 0 bridgehead atoms. The van der Waals surface area contributed by atoms with Crippen LogP contribution in [0.1, 0.15) is 43.2 Å². The first-order chi connectivity index (χ1) is 13.2. The fraction of sp³-hybridized carbons (Fsp3) is 0.478. The smallest absolute Gasteiger partial charge is 0.166 e. The lowest BCUT2D eigenvalue weighted by Crippen LogP contribution is -2.30. The standard InChI is InChI=1S/C23H29NO3.ClH/c1-26-21-13-7-8-18(22(21)27-20-11-5-6-12-20)16-24-15-14-23(25,17-24)19-9-3-2-4-10-19;/h2-4,7-10,13,20,25H,5-6,11-12,14-17H2,1H3;1H. The maximum Gasteiger partial charge on any atom is 0.166 e. The summed E-state index contributed by atoms with van der Waals surface area (Å²) in [5.74, 6) is 1.68. The van der Waals surface area contributed by atoms with E-state index >= 15 is 0 Å². The highest BCUT2D eigenvalue weighted by molar-refractivity contribution is 5.85. The topological polar surface area (TPSA) is 41.9 Å².